The van der Waals surface area contributed by atoms with Crippen LogP contribution in [0.4, 0.5) is 0 Å². The Labute approximate surface area is 143 Å². The normalized spacial score (nSPS) is 14.3. The van der Waals surface area contributed by atoms with Crippen LogP contribution in [-0.4, -0.2) is 22.5 Å². The van der Waals surface area contributed by atoms with Crippen molar-refractivity contribution in [1.82, 2.24) is 0 Å². The monoisotopic (exact) mass is 344 g/mol. The molecule has 0 aromatic heterocycles. The van der Waals surface area contributed by atoms with Gasteiger partial charge in [0.15, 0.2) is 8.32 Å². The first-order valence-electron chi connectivity index (χ1n) is 9.84. The largest absolute Gasteiger partial charge is 0.415 e. The first-order valence-corrected chi connectivity index (χ1v) is 16.7. The summed E-state index contributed by atoms with van der Waals surface area (Å²) in [6.45, 7) is 16.8. The van der Waals surface area contributed by atoms with Crippen LogP contribution >= 0.6 is 0 Å². The summed E-state index contributed by atoms with van der Waals surface area (Å²) in [5.74, 6) is 0. The second-order valence-electron chi connectivity index (χ2n) is 9.04. The van der Waals surface area contributed by atoms with E-state index in [0.717, 1.165) is 0 Å². The molecule has 1 unspecified atom stereocenters. The van der Waals surface area contributed by atoms with E-state index in [1.165, 1.54) is 69.9 Å². The van der Waals surface area contributed by atoms with E-state index >= 15 is 0 Å². The maximum absolute atomic E-state index is 6.46. The first-order chi connectivity index (χ1) is 10.2. The molecule has 0 spiro atoms. The summed E-state index contributed by atoms with van der Waals surface area (Å²) in [5.41, 5.74) is 1.39. The van der Waals surface area contributed by atoms with Crippen molar-refractivity contribution in [3.8, 4) is 0 Å². The molecule has 1 nitrogen and oxygen atoms in total. The maximum Gasteiger partial charge on any atom is 0.184 e. The van der Waals surface area contributed by atoms with E-state index < -0.39 is 16.4 Å². The summed E-state index contributed by atoms with van der Waals surface area (Å²) in [4.78, 5) is 0. The highest BCUT2D eigenvalue weighted by atomic mass is 28.4. The molecule has 1 atom stereocenters. The lowest BCUT2D eigenvalue weighted by atomic mass is 10.1. The van der Waals surface area contributed by atoms with E-state index in [4.69, 9.17) is 4.43 Å². The lowest BCUT2D eigenvalue weighted by Crippen LogP contribution is -2.42. The number of hydrogen-bond donors (Lipinski definition) is 0. The maximum atomic E-state index is 6.46. The van der Waals surface area contributed by atoms with Crippen LogP contribution in [0.1, 0.15) is 78.1 Å². The van der Waals surface area contributed by atoms with Crippen molar-refractivity contribution in [1.29, 1.82) is 0 Å². The van der Waals surface area contributed by atoms with Gasteiger partial charge in [0, 0.05) is 14.2 Å². The molecule has 0 rings (SSSR count). The Morgan fingerprint density at radius 3 is 1.64 bits per heavy atom. The molecule has 0 aromatic carbocycles. The fourth-order valence-corrected chi connectivity index (χ4v) is 15.4. The summed E-state index contributed by atoms with van der Waals surface area (Å²) in [5, 5.41) is 0. The molecule has 0 heterocycles. The highest BCUT2D eigenvalue weighted by Crippen LogP contribution is 2.23. The SMILES string of the molecule is CCCCCCCCCCCC(C)O[Si](C)(C)C[Si](C)(C)C. The van der Waals surface area contributed by atoms with Gasteiger partial charge in [-0.05, 0) is 32.1 Å². The topological polar surface area (TPSA) is 9.23 Å². The van der Waals surface area contributed by atoms with Gasteiger partial charge in [-0.25, -0.2) is 0 Å². The third-order valence-corrected chi connectivity index (χ3v) is 12.9. The standard InChI is InChI=1S/C19H44OSi2/c1-8-9-10-11-12-13-14-15-16-17-19(2)20-22(6,7)18-21(3,4)5/h19H,8-18H2,1-7H3. The fourth-order valence-electron chi connectivity index (χ4n) is 3.66. The van der Waals surface area contributed by atoms with Crippen LogP contribution < -0.4 is 0 Å². The van der Waals surface area contributed by atoms with Crippen molar-refractivity contribution in [2.24, 2.45) is 0 Å². The molecule has 0 saturated heterocycles. The highest BCUT2D eigenvalue weighted by Gasteiger charge is 2.31. The lowest BCUT2D eigenvalue weighted by molar-refractivity contribution is 0.198. The fraction of sp³-hybridized carbons (Fsp3) is 1.00. The Morgan fingerprint density at radius 1 is 0.727 bits per heavy atom. The Morgan fingerprint density at radius 2 is 1.18 bits per heavy atom. The third kappa shape index (κ3) is 15.3. The Kier molecular flexibility index (Phi) is 12.1. The molecule has 0 aromatic rings. The Balaban J connectivity index is 3.59. The first kappa shape index (κ1) is 22.4. The number of hydrogen-bond acceptors (Lipinski definition) is 1. The van der Waals surface area contributed by atoms with Gasteiger partial charge in [0.25, 0.3) is 0 Å². The average Bonchev–Trinajstić information content (AvgIpc) is 2.33. The van der Waals surface area contributed by atoms with Crippen LogP contribution in [0.3, 0.4) is 0 Å². The van der Waals surface area contributed by atoms with Gasteiger partial charge in [-0.1, -0.05) is 84.4 Å². The molecule has 134 valence electrons. The molecule has 0 radical (unpaired) electrons. The summed E-state index contributed by atoms with van der Waals surface area (Å²) < 4.78 is 6.46. The second kappa shape index (κ2) is 11.9. The summed E-state index contributed by atoms with van der Waals surface area (Å²) in [7, 11) is -2.42. The van der Waals surface area contributed by atoms with Crippen LogP contribution in [0.5, 0.6) is 0 Å². The molecular weight excluding hydrogens is 300 g/mol. The summed E-state index contributed by atoms with van der Waals surface area (Å²) in [6, 6.07) is 0. The minimum absolute atomic E-state index is 0.475. The summed E-state index contributed by atoms with van der Waals surface area (Å²) >= 11 is 0. The zero-order chi connectivity index (χ0) is 17.1. The van der Waals surface area contributed by atoms with Crippen LogP contribution in [-0.2, 0) is 4.43 Å². The van der Waals surface area contributed by atoms with E-state index in [1.807, 2.05) is 0 Å². The Bertz CT molecular complexity index is 259. The van der Waals surface area contributed by atoms with Gasteiger partial charge in [-0.3, -0.25) is 0 Å². The van der Waals surface area contributed by atoms with Gasteiger partial charge in [0.1, 0.15) is 0 Å². The van der Waals surface area contributed by atoms with Crippen molar-refractivity contribution in [2.75, 3.05) is 0 Å². The average molecular weight is 345 g/mol. The van der Waals surface area contributed by atoms with E-state index in [0.29, 0.717) is 6.10 Å². The van der Waals surface area contributed by atoms with Crippen LogP contribution in [0.15, 0.2) is 0 Å². The third-order valence-electron chi connectivity index (χ3n) is 4.19. The van der Waals surface area contributed by atoms with Gasteiger partial charge < -0.3 is 4.43 Å². The van der Waals surface area contributed by atoms with Gasteiger partial charge >= 0.3 is 0 Å². The van der Waals surface area contributed by atoms with Crippen molar-refractivity contribution in [2.45, 2.75) is 123 Å². The molecule has 0 N–H and O–H groups in total. The number of rotatable bonds is 14. The molecule has 0 aliphatic rings. The molecule has 0 fully saturated rings. The van der Waals surface area contributed by atoms with Crippen LogP contribution in [0.25, 0.3) is 0 Å². The minimum Gasteiger partial charge on any atom is -0.415 e. The van der Waals surface area contributed by atoms with Gasteiger partial charge in [0.2, 0.25) is 0 Å². The Hall–Kier alpha value is 0.394. The zero-order valence-electron chi connectivity index (χ0n) is 16.8. The summed E-state index contributed by atoms with van der Waals surface area (Å²) in [6.07, 6.45) is 14.5. The van der Waals surface area contributed by atoms with E-state index in [1.54, 1.807) is 0 Å². The molecule has 0 amide bonds. The van der Waals surface area contributed by atoms with Crippen LogP contribution in [0, 0.1) is 0 Å². The lowest BCUT2D eigenvalue weighted by Gasteiger charge is -2.32. The van der Waals surface area contributed by atoms with E-state index in [2.05, 4.69) is 46.6 Å². The van der Waals surface area contributed by atoms with Crippen molar-refractivity contribution in [3.05, 3.63) is 0 Å². The molecule has 22 heavy (non-hydrogen) atoms. The van der Waals surface area contributed by atoms with Crippen LogP contribution in [0.2, 0.25) is 38.4 Å². The van der Waals surface area contributed by atoms with Gasteiger partial charge in [-0.2, -0.15) is 0 Å². The molecule has 3 heteroatoms. The van der Waals surface area contributed by atoms with Crippen molar-refractivity contribution in [3.63, 3.8) is 0 Å². The minimum atomic E-state index is -1.43. The molecular formula is C19H44OSi2. The second-order valence-corrected chi connectivity index (χ2v) is 19.3. The molecule has 0 aliphatic carbocycles. The van der Waals surface area contributed by atoms with Gasteiger partial charge in [-0.15, -0.1) is 0 Å². The van der Waals surface area contributed by atoms with Gasteiger partial charge in [0.05, 0.1) is 0 Å². The molecule has 0 aliphatic heterocycles. The van der Waals surface area contributed by atoms with E-state index in [-0.39, 0.29) is 0 Å². The quantitative estimate of drug-likeness (QED) is 0.236. The van der Waals surface area contributed by atoms with Crippen molar-refractivity contribution < 1.29 is 4.43 Å². The highest BCUT2D eigenvalue weighted by molar-refractivity contribution is 6.92. The predicted molar refractivity (Wildman–Crippen MR) is 108 cm³/mol. The predicted octanol–water partition coefficient (Wildman–Crippen LogP) is 7.39. The zero-order valence-corrected chi connectivity index (χ0v) is 18.8. The number of unbranched alkanes of at least 4 members (excludes halogenated alkanes) is 8. The van der Waals surface area contributed by atoms with Crippen molar-refractivity contribution >= 4 is 16.4 Å². The smallest absolute Gasteiger partial charge is 0.184 e. The van der Waals surface area contributed by atoms with E-state index in [9.17, 15) is 0 Å². The molecule has 0 bridgehead atoms. The molecule has 0 saturated carbocycles.